The van der Waals surface area contributed by atoms with Gasteiger partial charge >= 0.3 is 0 Å². The van der Waals surface area contributed by atoms with E-state index in [1.165, 1.54) is 49.1 Å². The number of nitrogens with one attached hydrogen (secondary N) is 3. The van der Waals surface area contributed by atoms with E-state index in [1.54, 1.807) is 37.4 Å². The molecule has 0 bridgehead atoms. The van der Waals surface area contributed by atoms with Crippen LogP contribution in [0.5, 0.6) is 17.2 Å². The van der Waals surface area contributed by atoms with Crippen molar-refractivity contribution in [3.8, 4) is 17.2 Å². The zero-order valence-electron chi connectivity index (χ0n) is 38.1. The number of nitrogens with zero attached hydrogens (tertiary/aromatic N) is 4. The average Bonchev–Trinajstić information content (AvgIpc) is 3.94. The number of piperidine rings is 1. The van der Waals surface area contributed by atoms with Crippen molar-refractivity contribution in [2.24, 2.45) is 11.3 Å². The van der Waals surface area contributed by atoms with Crippen LogP contribution in [0.2, 0.25) is 5.02 Å². The number of carbonyl (C=O) groups is 1. The number of aliphatic hydroxyl groups is 1. The quantitative estimate of drug-likeness (QED) is 0.0725. The first kappa shape index (κ1) is 45.4. The third kappa shape index (κ3) is 8.93. The Morgan fingerprint density at radius 2 is 1.81 bits per heavy atom. The van der Waals surface area contributed by atoms with Gasteiger partial charge in [-0.1, -0.05) is 49.7 Å². The summed E-state index contributed by atoms with van der Waals surface area (Å²) in [5.74, 6) is -0.0262. The molecule has 3 aromatic carbocycles. The number of hydrogen-bond acceptors (Lipinski definition) is 12. The van der Waals surface area contributed by atoms with E-state index in [9.17, 15) is 28.4 Å². The van der Waals surface area contributed by atoms with Gasteiger partial charge in [0.15, 0.2) is 11.4 Å². The largest absolute Gasteiger partial charge is 0.489 e. The second-order valence-corrected chi connectivity index (χ2v) is 22.2. The van der Waals surface area contributed by atoms with Crippen molar-refractivity contribution < 1.29 is 32.7 Å². The first-order valence-electron chi connectivity index (χ1n) is 23.6. The van der Waals surface area contributed by atoms with Crippen LogP contribution in [0.4, 0.5) is 17.1 Å². The third-order valence-electron chi connectivity index (χ3n) is 15.4. The highest BCUT2D eigenvalue weighted by molar-refractivity contribution is 7.90. The number of ether oxygens (including phenoxy) is 2. The molecule has 4 N–H and O–H groups in total. The van der Waals surface area contributed by atoms with Gasteiger partial charge in [0.05, 0.1) is 38.2 Å². The number of pyridine rings is 1. The van der Waals surface area contributed by atoms with Gasteiger partial charge in [0.25, 0.3) is 21.6 Å². The molecule has 2 saturated carbocycles. The first-order valence-corrected chi connectivity index (χ1v) is 25.5. The summed E-state index contributed by atoms with van der Waals surface area (Å²) in [4.78, 5) is 37.9. The smallest absolute Gasteiger partial charge is 0.297 e. The number of halogens is 1. The minimum absolute atomic E-state index is 0.00542. The molecule has 67 heavy (non-hydrogen) atoms. The zero-order chi connectivity index (χ0) is 46.8. The number of sulfonamides is 1. The first-order chi connectivity index (χ1) is 32.1. The second kappa shape index (κ2) is 17.6. The van der Waals surface area contributed by atoms with E-state index in [2.05, 4.69) is 67.9 Å². The maximum atomic E-state index is 14.1. The molecule has 2 atom stereocenters. The summed E-state index contributed by atoms with van der Waals surface area (Å²) in [6, 6.07) is 18.7. The number of benzene rings is 3. The van der Waals surface area contributed by atoms with Gasteiger partial charge in [0.2, 0.25) is 0 Å². The Labute approximate surface area is 395 Å². The molecule has 1 amide bonds. The number of fused-ring (bicyclic) bond motifs is 2. The third-order valence-corrected chi connectivity index (χ3v) is 17.0. The minimum Gasteiger partial charge on any atom is -0.489 e. The predicted octanol–water partition coefficient (Wildman–Crippen LogP) is 9.86. The van der Waals surface area contributed by atoms with Crippen molar-refractivity contribution >= 4 is 55.6 Å². The Hall–Kier alpha value is -5.42. The number of anilines is 2. The van der Waals surface area contributed by atoms with Crippen molar-refractivity contribution in [1.29, 1.82) is 0 Å². The molecule has 17 heteroatoms. The van der Waals surface area contributed by atoms with Crippen LogP contribution in [0.25, 0.3) is 11.0 Å². The van der Waals surface area contributed by atoms with Crippen molar-refractivity contribution in [2.45, 2.75) is 120 Å². The molecule has 354 valence electrons. The fourth-order valence-electron chi connectivity index (χ4n) is 11.5. The van der Waals surface area contributed by atoms with Crippen molar-refractivity contribution in [3.05, 3.63) is 105 Å². The van der Waals surface area contributed by atoms with Gasteiger partial charge in [-0.3, -0.25) is 19.8 Å². The Morgan fingerprint density at radius 3 is 2.55 bits per heavy atom. The van der Waals surface area contributed by atoms with Gasteiger partial charge in [0.1, 0.15) is 23.8 Å². The lowest BCUT2D eigenvalue weighted by Crippen LogP contribution is -2.54. The molecule has 1 unspecified atom stereocenters. The zero-order valence-corrected chi connectivity index (χ0v) is 39.7. The summed E-state index contributed by atoms with van der Waals surface area (Å²) >= 11 is 6.42. The van der Waals surface area contributed by atoms with E-state index in [0.717, 1.165) is 44.2 Å². The van der Waals surface area contributed by atoms with Gasteiger partial charge in [0, 0.05) is 60.6 Å². The number of nitro benzene ring substituents is 1. The molecule has 3 aliphatic heterocycles. The number of aromatic amines is 1. The van der Waals surface area contributed by atoms with Crippen LogP contribution in [0, 0.1) is 21.4 Å². The molecule has 5 heterocycles. The van der Waals surface area contributed by atoms with Crippen LogP contribution < -0.4 is 24.4 Å². The van der Waals surface area contributed by atoms with E-state index < -0.39 is 37.0 Å². The molecule has 10 rings (SSSR count). The molecule has 15 nitrogen and oxygen atoms in total. The number of rotatable bonds is 11. The highest BCUT2D eigenvalue weighted by Gasteiger charge is 2.50. The van der Waals surface area contributed by atoms with Crippen molar-refractivity contribution in [3.63, 3.8) is 0 Å². The molecule has 4 fully saturated rings. The van der Waals surface area contributed by atoms with Crippen LogP contribution in [0.15, 0.2) is 78.0 Å². The molecule has 2 aromatic heterocycles. The summed E-state index contributed by atoms with van der Waals surface area (Å²) < 4.78 is 42.5. The Kier molecular flexibility index (Phi) is 11.9. The van der Waals surface area contributed by atoms with Gasteiger partial charge in [-0.05, 0) is 124 Å². The maximum Gasteiger partial charge on any atom is 0.297 e. The van der Waals surface area contributed by atoms with E-state index in [1.807, 2.05) is 0 Å². The highest BCUT2D eigenvalue weighted by atomic mass is 35.5. The van der Waals surface area contributed by atoms with E-state index >= 15 is 0 Å². The molecule has 0 radical (unpaired) electrons. The number of hydrogen-bond donors (Lipinski definition) is 4. The fourth-order valence-corrected chi connectivity index (χ4v) is 12.7. The Morgan fingerprint density at radius 1 is 1.04 bits per heavy atom. The van der Waals surface area contributed by atoms with Gasteiger partial charge in [-0.25, -0.2) is 18.1 Å². The topological polar surface area (TPSA) is 192 Å². The summed E-state index contributed by atoms with van der Waals surface area (Å²) in [6.07, 6.45) is 12.6. The fraction of sp³-hybridized carbons (Fsp3) is 0.480. The standard InChI is InChI=1S/C50H58ClN7O8S/c1-30(2)36-7-4-5-8-37(36)42-9-6-18-57(42)33-25-50(26-33)16-19-56(20-17-50)32-10-11-38(44(21-32)66-34-22-39-40(51)28-53-47(39)52-27-34)48(59)55-67(63,64)35-23-43(58(61)62)46-45(24-35)65-29-41(54-46)31-12-14-49(3,60)15-13-31/h4-5,7-8,10-11,21-24,27-28,30-31,33,41-42,54,60H,6,9,12-20,25-26,29H2,1-3H3,(H,52,53)(H,55,59)/t31?,41-,42?,49?/m1/s1. The van der Waals surface area contributed by atoms with Gasteiger partial charge in [-0.2, -0.15) is 0 Å². The van der Waals surface area contributed by atoms with Gasteiger partial charge in [-0.15, -0.1) is 0 Å². The average molecular weight is 953 g/mol. The van der Waals surface area contributed by atoms with Crippen LogP contribution in [-0.4, -0.2) is 83.1 Å². The number of amides is 1. The molecule has 1 spiro atoms. The maximum absolute atomic E-state index is 14.1. The van der Waals surface area contributed by atoms with E-state index in [-0.39, 0.29) is 52.5 Å². The van der Waals surface area contributed by atoms with Crippen LogP contribution >= 0.6 is 11.6 Å². The molecular formula is C50H58ClN7O8S. The Bertz CT molecular complexity index is 2830. The molecular weight excluding hydrogens is 894 g/mol. The number of likely N-dealkylation sites (tertiary alicyclic amines) is 1. The van der Waals surface area contributed by atoms with Gasteiger partial charge < -0.3 is 29.8 Å². The lowest BCUT2D eigenvalue weighted by atomic mass is 9.59. The monoisotopic (exact) mass is 951 g/mol. The highest BCUT2D eigenvalue weighted by Crippen LogP contribution is 2.54. The van der Waals surface area contributed by atoms with Crippen LogP contribution in [-0.2, 0) is 10.0 Å². The lowest BCUT2D eigenvalue weighted by Gasteiger charge is -2.56. The van der Waals surface area contributed by atoms with Crippen molar-refractivity contribution in [2.75, 3.05) is 36.5 Å². The van der Waals surface area contributed by atoms with E-state index in [4.69, 9.17) is 21.1 Å². The normalized spacial score (nSPS) is 24.2. The van der Waals surface area contributed by atoms with E-state index in [0.29, 0.717) is 59.7 Å². The predicted molar refractivity (Wildman–Crippen MR) is 257 cm³/mol. The molecule has 5 aliphatic rings. The number of nitro groups is 1. The summed E-state index contributed by atoms with van der Waals surface area (Å²) in [7, 11) is -4.68. The SMILES string of the molecule is CC(C)c1ccccc1C1CCCN1C1CC2(CCN(c3ccc(C(=O)NS(=O)(=O)c4cc5c(c([N+](=O)[O-])c4)N[C@@H](C4CCC(C)(O)CC4)CO5)c(Oc4cnc5[nH]cc(Cl)c5c4)c3)CC2)C1. The number of aromatic nitrogens is 2. The van der Waals surface area contributed by atoms with Crippen molar-refractivity contribution in [1.82, 2.24) is 19.6 Å². The number of H-pyrrole nitrogens is 1. The summed E-state index contributed by atoms with van der Waals surface area (Å²) in [5, 5.41) is 27.1. The summed E-state index contributed by atoms with van der Waals surface area (Å²) in [5.41, 5.74) is 3.36. The lowest BCUT2D eigenvalue weighted by molar-refractivity contribution is -0.384. The second-order valence-electron chi connectivity index (χ2n) is 20.1. The molecule has 2 saturated heterocycles. The minimum atomic E-state index is -4.68. The Balaban J connectivity index is 0.863. The molecule has 5 aromatic rings. The molecule has 2 aliphatic carbocycles. The van der Waals surface area contributed by atoms with Crippen LogP contribution in [0.1, 0.15) is 118 Å². The van der Waals surface area contributed by atoms with Crippen LogP contribution in [0.3, 0.4) is 0 Å². The number of carbonyl (C=O) groups excluding carboxylic acids is 1. The summed E-state index contributed by atoms with van der Waals surface area (Å²) in [6.45, 7) is 9.29.